The molecule has 0 bridgehead atoms. The number of benzene rings is 1. The van der Waals surface area contributed by atoms with Crippen LogP contribution >= 0.6 is 24.8 Å². The quantitative estimate of drug-likeness (QED) is 0.750. The van der Waals surface area contributed by atoms with Gasteiger partial charge in [-0.3, -0.25) is 14.9 Å². The van der Waals surface area contributed by atoms with Crippen molar-refractivity contribution < 1.29 is 9.59 Å². The molecule has 3 N–H and O–H groups in total. The van der Waals surface area contributed by atoms with Crippen molar-refractivity contribution in [3.05, 3.63) is 24.5 Å². The van der Waals surface area contributed by atoms with E-state index in [1.807, 2.05) is 10.6 Å². The third-order valence-corrected chi connectivity index (χ3v) is 5.01. The van der Waals surface area contributed by atoms with Crippen LogP contribution in [-0.2, 0) is 9.59 Å². The minimum absolute atomic E-state index is 0. The van der Waals surface area contributed by atoms with Crippen LogP contribution in [0.2, 0.25) is 0 Å². The standard InChI is InChI=1S/C17H21N5O2.2ClH/c18-11-5-7-21(8-6-11)12-1-2-14-13(9-12)19-10-22(14)15-3-4-16(23)20-17(15)24;;/h1-2,9-11,15H,3-8,18H2,(H,20,23,24);2*1H. The van der Waals surface area contributed by atoms with E-state index in [9.17, 15) is 9.59 Å². The van der Waals surface area contributed by atoms with Gasteiger partial charge in [0.2, 0.25) is 11.8 Å². The van der Waals surface area contributed by atoms with Crippen LogP contribution in [-0.4, -0.2) is 40.5 Å². The lowest BCUT2D eigenvalue weighted by Crippen LogP contribution is -2.41. The van der Waals surface area contributed by atoms with Crippen LogP contribution in [0.15, 0.2) is 24.5 Å². The highest BCUT2D eigenvalue weighted by Gasteiger charge is 2.29. The first-order valence-corrected chi connectivity index (χ1v) is 8.42. The van der Waals surface area contributed by atoms with E-state index in [4.69, 9.17) is 5.73 Å². The van der Waals surface area contributed by atoms with Crippen molar-refractivity contribution in [1.82, 2.24) is 14.9 Å². The fraction of sp³-hybridized carbons (Fsp3) is 0.471. The molecule has 7 nitrogen and oxygen atoms in total. The van der Waals surface area contributed by atoms with E-state index < -0.39 is 0 Å². The summed E-state index contributed by atoms with van der Waals surface area (Å²) in [5.74, 6) is -0.453. The molecule has 0 radical (unpaired) electrons. The molecule has 9 heteroatoms. The maximum Gasteiger partial charge on any atom is 0.249 e. The first kappa shape index (κ1) is 20.5. The Morgan fingerprint density at radius 1 is 1.12 bits per heavy atom. The minimum atomic E-state index is -0.369. The monoisotopic (exact) mass is 399 g/mol. The number of hydrogen-bond donors (Lipinski definition) is 2. The zero-order valence-corrected chi connectivity index (χ0v) is 15.9. The minimum Gasteiger partial charge on any atom is -0.371 e. The summed E-state index contributed by atoms with van der Waals surface area (Å²) in [5.41, 5.74) is 8.90. The van der Waals surface area contributed by atoms with E-state index >= 15 is 0 Å². The fourth-order valence-electron chi connectivity index (χ4n) is 3.57. The number of rotatable bonds is 2. The summed E-state index contributed by atoms with van der Waals surface area (Å²) in [6.45, 7) is 1.92. The molecule has 142 valence electrons. The molecule has 0 aliphatic carbocycles. The van der Waals surface area contributed by atoms with Crippen LogP contribution in [0.3, 0.4) is 0 Å². The number of piperidine rings is 2. The summed E-state index contributed by atoms with van der Waals surface area (Å²) in [5, 5.41) is 2.40. The number of nitrogens with zero attached hydrogens (tertiary/aromatic N) is 3. The molecule has 4 rings (SSSR count). The summed E-state index contributed by atoms with van der Waals surface area (Å²) < 4.78 is 1.87. The molecule has 2 aromatic rings. The van der Waals surface area contributed by atoms with Crippen LogP contribution < -0.4 is 16.0 Å². The molecule has 1 atom stereocenters. The molecule has 1 aromatic carbocycles. The van der Waals surface area contributed by atoms with Crippen LogP contribution in [0.4, 0.5) is 5.69 Å². The van der Waals surface area contributed by atoms with E-state index in [0.29, 0.717) is 18.9 Å². The number of anilines is 1. The number of aromatic nitrogens is 2. The Kier molecular flexibility index (Phi) is 6.49. The van der Waals surface area contributed by atoms with Gasteiger partial charge in [-0.05, 0) is 37.5 Å². The Hall–Kier alpha value is -1.83. The predicted octanol–water partition coefficient (Wildman–Crippen LogP) is 1.79. The van der Waals surface area contributed by atoms with Gasteiger partial charge in [-0.1, -0.05) is 0 Å². The largest absolute Gasteiger partial charge is 0.371 e. The van der Waals surface area contributed by atoms with Gasteiger partial charge in [0.25, 0.3) is 0 Å². The first-order chi connectivity index (χ1) is 11.6. The van der Waals surface area contributed by atoms with Gasteiger partial charge < -0.3 is 15.2 Å². The smallest absolute Gasteiger partial charge is 0.249 e. The van der Waals surface area contributed by atoms with Gasteiger partial charge in [0.1, 0.15) is 6.04 Å². The van der Waals surface area contributed by atoms with E-state index in [-0.39, 0.29) is 42.7 Å². The van der Waals surface area contributed by atoms with Crippen LogP contribution in [0.5, 0.6) is 0 Å². The van der Waals surface area contributed by atoms with Gasteiger partial charge in [0, 0.05) is 31.2 Å². The Morgan fingerprint density at radius 3 is 2.54 bits per heavy atom. The SMILES string of the molecule is Cl.Cl.NC1CCN(c2ccc3c(c2)ncn3C2CCC(=O)NC2=O)CC1. The molecular formula is C17H23Cl2N5O2. The van der Waals surface area contributed by atoms with E-state index in [2.05, 4.69) is 27.3 Å². The Morgan fingerprint density at radius 2 is 1.85 bits per heavy atom. The fourth-order valence-corrected chi connectivity index (χ4v) is 3.57. The number of imidazole rings is 1. The van der Waals surface area contributed by atoms with Gasteiger partial charge in [0.05, 0.1) is 17.4 Å². The van der Waals surface area contributed by atoms with Gasteiger partial charge in [-0.25, -0.2) is 4.98 Å². The van der Waals surface area contributed by atoms with Crippen LogP contribution in [0.1, 0.15) is 31.7 Å². The number of halogens is 2. The number of imide groups is 1. The van der Waals surface area contributed by atoms with Crippen molar-refractivity contribution in [1.29, 1.82) is 0 Å². The molecule has 2 aliphatic heterocycles. The second kappa shape index (κ2) is 8.24. The van der Waals surface area contributed by atoms with Crippen LogP contribution in [0, 0.1) is 0 Å². The third kappa shape index (κ3) is 3.79. The second-order valence-electron chi connectivity index (χ2n) is 6.62. The van der Waals surface area contributed by atoms with Crippen LogP contribution in [0.25, 0.3) is 11.0 Å². The highest BCUT2D eigenvalue weighted by molar-refractivity contribution is 6.00. The Balaban J connectivity index is 0.00000121. The summed E-state index contributed by atoms with van der Waals surface area (Å²) in [6, 6.07) is 6.08. The summed E-state index contributed by atoms with van der Waals surface area (Å²) in [7, 11) is 0. The number of nitrogens with two attached hydrogens (primary N) is 1. The summed E-state index contributed by atoms with van der Waals surface area (Å²) >= 11 is 0. The molecule has 2 aliphatic rings. The maximum atomic E-state index is 12.1. The lowest BCUT2D eigenvalue weighted by Gasteiger charge is -2.32. The zero-order valence-electron chi connectivity index (χ0n) is 14.3. The highest BCUT2D eigenvalue weighted by Crippen LogP contribution is 2.28. The lowest BCUT2D eigenvalue weighted by molar-refractivity contribution is -0.135. The molecule has 1 aromatic heterocycles. The van der Waals surface area contributed by atoms with Gasteiger partial charge in [0.15, 0.2) is 0 Å². The van der Waals surface area contributed by atoms with Crippen molar-refractivity contribution in [2.45, 2.75) is 37.8 Å². The molecule has 2 amide bonds. The zero-order chi connectivity index (χ0) is 16.7. The molecule has 0 saturated carbocycles. The number of nitrogens with one attached hydrogen (secondary N) is 1. The summed E-state index contributed by atoms with van der Waals surface area (Å²) in [4.78, 5) is 30.2. The molecule has 2 saturated heterocycles. The van der Waals surface area contributed by atoms with Crippen molar-refractivity contribution in [2.75, 3.05) is 18.0 Å². The highest BCUT2D eigenvalue weighted by atomic mass is 35.5. The molecule has 26 heavy (non-hydrogen) atoms. The molecular weight excluding hydrogens is 377 g/mol. The van der Waals surface area contributed by atoms with Crippen molar-refractivity contribution in [3.63, 3.8) is 0 Å². The average molecular weight is 400 g/mol. The van der Waals surface area contributed by atoms with Crippen molar-refractivity contribution in [3.8, 4) is 0 Å². The number of amides is 2. The lowest BCUT2D eigenvalue weighted by atomic mass is 10.0. The molecule has 0 spiro atoms. The molecule has 2 fully saturated rings. The van der Waals surface area contributed by atoms with Crippen molar-refractivity contribution >= 4 is 53.3 Å². The Bertz CT molecular complexity index is 802. The van der Waals surface area contributed by atoms with E-state index in [0.717, 1.165) is 42.7 Å². The Labute approximate surface area is 164 Å². The predicted molar refractivity (Wildman–Crippen MR) is 105 cm³/mol. The molecule has 3 heterocycles. The van der Waals surface area contributed by atoms with Gasteiger partial charge in [-0.2, -0.15) is 0 Å². The first-order valence-electron chi connectivity index (χ1n) is 8.42. The molecule has 1 unspecified atom stereocenters. The normalized spacial score (nSPS) is 21.1. The van der Waals surface area contributed by atoms with Gasteiger partial charge >= 0.3 is 0 Å². The van der Waals surface area contributed by atoms with E-state index in [1.165, 1.54) is 0 Å². The van der Waals surface area contributed by atoms with Crippen molar-refractivity contribution in [2.24, 2.45) is 5.73 Å². The van der Waals surface area contributed by atoms with Gasteiger partial charge in [-0.15, -0.1) is 24.8 Å². The number of hydrogen-bond acceptors (Lipinski definition) is 5. The summed E-state index contributed by atoms with van der Waals surface area (Å²) in [6.07, 6.45) is 4.58. The second-order valence-corrected chi connectivity index (χ2v) is 6.62. The topological polar surface area (TPSA) is 93.2 Å². The third-order valence-electron chi connectivity index (χ3n) is 5.01. The number of carbonyl (C=O) groups is 2. The number of carbonyl (C=O) groups excluding carboxylic acids is 2. The van der Waals surface area contributed by atoms with E-state index in [1.54, 1.807) is 6.33 Å². The maximum absolute atomic E-state index is 12.1. The average Bonchev–Trinajstić information content (AvgIpc) is 2.98. The number of fused-ring (bicyclic) bond motifs is 1.